The molecule has 0 saturated heterocycles. The van der Waals surface area contributed by atoms with Crippen molar-refractivity contribution in [3.05, 3.63) is 59.9 Å². The maximum Gasteiger partial charge on any atom is 0.340 e. The lowest BCUT2D eigenvalue weighted by molar-refractivity contribution is -0.119. The average molecular weight is 313 g/mol. The van der Waals surface area contributed by atoms with Gasteiger partial charge in [0.1, 0.15) is 0 Å². The van der Waals surface area contributed by atoms with Crippen molar-refractivity contribution in [1.29, 1.82) is 0 Å². The monoisotopic (exact) mass is 313 g/mol. The highest BCUT2D eigenvalue weighted by Crippen LogP contribution is 2.10. The predicted molar refractivity (Wildman–Crippen MR) is 83.0 cm³/mol. The topological polar surface area (TPSA) is 97.4 Å². The maximum absolute atomic E-state index is 11.8. The first-order valence-corrected chi connectivity index (χ1v) is 6.79. The number of carbonyl (C=O) groups excluding carboxylic acids is 3. The van der Waals surface area contributed by atoms with Crippen molar-refractivity contribution >= 4 is 23.5 Å². The molecule has 0 fully saturated rings. The highest BCUT2D eigenvalue weighted by atomic mass is 16.5. The fourth-order valence-corrected chi connectivity index (χ4v) is 1.78. The Morgan fingerprint density at radius 1 is 1.13 bits per heavy atom. The fourth-order valence-electron chi connectivity index (χ4n) is 1.78. The Hall–Kier alpha value is -3.22. The van der Waals surface area contributed by atoms with Gasteiger partial charge in [0.2, 0.25) is 0 Å². The number of amides is 2. The van der Waals surface area contributed by atoms with E-state index in [0.29, 0.717) is 11.3 Å². The molecule has 0 aliphatic carbocycles. The van der Waals surface area contributed by atoms with Gasteiger partial charge in [0.25, 0.3) is 11.8 Å². The molecule has 0 unspecified atom stereocenters. The van der Waals surface area contributed by atoms with Gasteiger partial charge in [-0.3, -0.25) is 14.6 Å². The second kappa shape index (κ2) is 7.69. The van der Waals surface area contributed by atoms with Crippen molar-refractivity contribution in [2.75, 3.05) is 19.0 Å². The molecule has 0 radical (unpaired) electrons. The number of aromatic nitrogens is 1. The number of hydrogen-bond donors (Lipinski definition) is 2. The molecule has 0 aliphatic rings. The number of pyridine rings is 1. The van der Waals surface area contributed by atoms with Crippen molar-refractivity contribution in [3.8, 4) is 0 Å². The second-order valence-corrected chi connectivity index (χ2v) is 4.53. The zero-order valence-corrected chi connectivity index (χ0v) is 12.4. The first-order chi connectivity index (χ1) is 11.1. The van der Waals surface area contributed by atoms with Crippen molar-refractivity contribution in [3.63, 3.8) is 0 Å². The predicted octanol–water partition coefficient (Wildman–Crippen LogP) is 1.24. The lowest BCUT2D eigenvalue weighted by atomic mass is 10.2. The van der Waals surface area contributed by atoms with Gasteiger partial charge in [-0.1, -0.05) is 6.07 Å². The molecule has 1 aromatic heterocycles. The molecule has 7 nitrogen and oxygen atoms in total. The Morgan fingerprint density at radius 2 is 1.91 bits per heavy atom. The minimum absolute atomic E-state index is 0.260. The summed E-state index contributed by atoms with van der Waals surface area (Å²) in [5, 5.41) is 5.05. The van der Waals surface area contributed by atoms with Crippen LogP contribution in [0.3, 0.4) is 0 Å². The molecule has 118 valence electrons. The Labute approximate surface area is 132 Å². The quantitative estimate of drug-likeness (QED) is 0.809. The van der Waals surface area contributed by atoms with Gasteiger partial charge in [-0.05, 0) is 30.3 Å². The molecular formula is C16H15N3O4. The van der Waals surface area contributed by atoms with Crippen LogP contribution in [0.2, 0.25) is 0 Å². The third kappa shape index (κ3) is 4.63. The van der Waals surface area contributed by atoms with Crippen LogP contribution in [0.4, 0.5) is 5.69 Å². The molecule has 0 spiro atoms. The minimum atomic E-state index is -0.632. The van der Waals surface area contributed by atoms with Gasteiger partial charge in [-0.2, -0.15) is 0 Å². The lowest BCUT2D eigenvalue weighted by Gasteiger charge is -2.08. The van der Waals surface area contributed by atoms with E-state index in [1.54, 1.807) is 30.3 Å². The SMILES string of the molecule is CNC(=O)c1cccc(NC(=O)COC(=O)c2cccnc2)c1. The summed E-state index contributed by atoms with van der Waals surface area (Å²) in [4.78, 5) is 38.8. The molecule has 2 amide bonds. The molecule has 0 bridgehead atoms. The molecule has 1 aromatic carbocycles. The van der Waals surface area contributed by atoms with Crippen LogP contribution in [0.1, 0.15) is 20.7 Å². The van der Waals surface area contributed by atoms with E-state index >= 15 is 0 Å². The number of ether oxygens (including phenoxy) is 1. The Morgan fingerprint density at radius 3 is 2.61 bits per heavy atom. The molecule has 2 N–H and O–H groups in total. The van der Waals surface area contributed by atoms with E-state index in [9.17, 15) is 14.4 Å². The summed E-state index contributed by atoms with van der Waals surface area (Å²) in [5.74, 6) is -1.40. The number of benzene rings is 1. The largest absolute Gasteiger partial charge is 0.452 e. The zero-order valence-electron chi connectivity index (χ0n) is 12.4. The van der Waals surface area contributed by atoms with Crippen LogP contribution in [0, 0.1) is 0 Å². The Balaban J connectivity index is 1.90. The van der Waals surface area contributed by atoms with Crippen LogP contribution in [-0.4, -0.2) is 36.4 Å². The molecule has 0 saturated carbocycles. The van der Waals surface area contributed by atoms with Crippen LogP contribution < -0.4 is 10.6 Å². The van der Waals surface area contributed by atoms with Gasteiger partial charge in [-0.25, -0.2) is 4.79 Å². The molecule has 1 heterocycles. The van der Waals surface area contributed by atoms with Crippen molar-refractivity contribution in [2.45, 2.75) is 0 Å². The van der Waals surface area contributed by atoms with Crippen LogP contribution in [-0.2, 0) is 9.53 Å². The lowest BCUT2D eigenvalue weighted by Crippen LogP contribution is -2.22. The maximum atomic E-state index is 11.8. The number of esters is 1. The Bertz CT molecular complexity index is 716. The van der Waals surface area contributed by atoms with Crippen LogP contribution >= 0.6 is 0 Å². The first kappa shape index (κ1) is 16.2. The van der Waals surface area contributed by atoms with Crippen LogP contribution in [0.15, 0.2) is 48.8 Å². The molecule has 23 heavy (non-hydrogen) atoms. The summed E-state index contributed by atoms with van der Waals surface area (Å²) in [7, 11) is 1.52. The minimum Gasteiger partial charge on any atom is -0.452 e. The van der Waals surface area contributed by atoms with E-state index in [-0.39, 0.29) is 11.5 Å². The Kier molecular flexibility index (Phi) is 5.40. The van der Waals surface area contributed by atoms with Gasteiger partial charge in [0.15, 0.2) is 6.61 Å². The summed E-state index contributed by atoms with van der Waals surface area (Å²) in [6.07, 6.45) is 2.88. The van der Waals surface area contributed by atoms with Gasteiger partial charge in [0, 0.05) is 30.7 Å². The van der Waals surface area contributed by atoms with Crippen molar-refractivity contribution < 1.29 is 19.1 Å². The van der Waals surface area contributed by atoms with E-state index in [0.717, 1.165) is 0 Å². The number of nitrogens with zero attached hydrogens (tertiary/aromatic N) is 1. The molecule has 0 aliphatic heterocycles. The molecule has 2 aromatic rings. The summed E-state index contributed by atoms with van der Waals surface area (Å²) < 4.78 is 4.89. The fraction of sp³-hybridized carbons (Fsp3) is 0.125. The highest BCUT2D eigenvalue weighted by Gasteiger charge is 2.11. The van der Waals surface area contributed by atoms with Gasteiger partial charge < -0.3 is 15.4 Å². The second-order valence-electron chi connectivity index (χ2n) is 4.53. The number of anilines is 1. The van der Waals surface area contributed by atoms with E-state index in [4.69, 9.17) is 4.74 Å². The standard InChI is InChI=1S/C16H15N3O4/c1-17-15(21)11-4-2-6-13(8-11)19-14(20)10-23-16(22)12-5-3-7-18-9-12/h2-9H,10H2,1H3,(H,17,21)(H,19,20). The third-order valence-electron chi connectivity index (χ3n) is 2.87. The number of rotatable bonds is 5. The van der Waals surface area contributed by atoms with E-state index in [1.807, 2.05) is 0 Å². The van der Waals surface area contributed by atoms with Gasteiger partial charge in [0.05, 0.1) is 5.56 Å². The third-order valence-corrected chi connectivity index (χ3v) is 2.87. The number of hydrogen-bond acceptors (Lipinski definition) is 5. The van der Waals surface area contributed by atoms with Crippen molar-refractivity contribution in [2.24, 2.45) is 0 Å². The van der Waals surface area contributed by atoms with Crippen LogP contribution in [0.5, 0.6) is 0 Å². The smallest absolute Gasteiger partial charge is 0.340 e. The molecule has 0 atom stereocenters. The number of nitrogens with one attached hydrogen (secondary N) is 2. The first-order valence-electron chi connectivity index (χ1n) is 6.79. The number of carbonyl (C=O) groups is 3. The zero-order chi connectivity index (χ0) is 16.7. The van der Waals surface area contributed by atoms with Crippen LogP contribution in [0.25, 0.3) is 0 Å². The molecule has 2 rings (SSSR count). The van der Waals surface area contributed by atoms with Crippen molar-refractivity contribution in [1.82, 2.24) is 10.3 Å². The highest BCUT2D eigenvalue weighted by molar-refractivity contribution is 5.98. The summed E-state index contributed by atoms with van der Waals surface area (Å²) >= 11 is 0. The summed E-state index contributed by atoms with van der Waals surface area (Å²) in [6, 6.07) is 9.56. The normalized spacial score (nSPS) is 9.78. The van der Waals surface area contributed by atoms with E-state index < -0.39 is 18.5 Å². The van der Waals surface area contributed by atoms with Gasteiger partial charge >= 0.3 is 5.97 Å². The van der Waals surface area contributed by atoms with E-state index in [2.05, 4.69) is 15.6 Å². The molecular weight excluding hydrogens is 298 g/mol. The van der Waals surface area contributed by atoms with Gasteiger partial charge in [-0.15, -0.1) is 0 Å². The summed E-state index contributed by atoms with van der Waals surface area (Å²) in [5.41, 5.74) is 1.12. The summed E-state index contributed by atoms with van der Waals surface area (Å²) in [6.45, 7) is -0.433. The molecule has 7 heteroatoms. The average Bonchev–Trinajstić information content (AvgIpc) is 2.60. The van der Waals surface area contributed by atoms with E-state index in [1.165, 1.54) is 25.5 Å².